The van der Waals surface area contributed by atoms with Crippen molar-refractivity contribution in [2.24, 2.45) is 0 Å². The molecule has 0 spiro atoms. The number of carbonyl (C=O) groups is 2. The van der Waals surface area contributed by atoms with Gasteiger partial charge >= 0.3 is 12.0 Å². The van der Waals surface area contributed by atoms with E-state index in [1.54, 1.807) is 26.0 Å². The van der Waals surface area contributed by atoms with Gasteiger partial charge in [-0.25, -0.2) is 9.59 Å². The molecule has 1 unspecified atom stereocenters. The van der Waals surface area contributed by atoms with E-state index in [-0.39, 0.29) is 12.1 Å². The average Bonchev–Trinajstić information content (AvgIpc) is 2.61. The smallest absolute Gasteiger partial charge is 0.338 e. The number of esters is 1. The van der Waals surface area contributed by atoms with Crippen molar-refractivity contribution >= 4 is 12.0 Å². The number of allylic oxidation sites excluding steroid dienone is 1. The first-order valence-electron chi connectivity index (χ1n) is 9.32. The molecule has 2 rings (SSSR count). The SMILES string of the molecule is CCOc1ccc(C2NC(=O)NC(CC)=C2C(=O)OC(C)C)c(OCC)c1. The van der Waals surface area contributed by atoms with Crippen LogP contribution in [0.2, 0.25) is 0 Å². The first-order chi connectivity index (χ1) is 12.9. The standard InChI is InChI=1S/C20H28N2O5/c1-6-15-17(19(23)27-12(4)5)18(22-20(24)21-15)14-10-9-13(25-7-2)11-16(14)26-8-3/h9-12,18H,6-8H2,1-5H3,(H2,21,22,24). The molecule has 7 nitrogen and oxygen atoms in total. The summed E-state index contributed by atoms with van der Waals surface area (Å²) >= 11 is 0. The van der Waals surface area contributed by atoms with E-state index in [0.717, 1.165) is 0 Å². The van der Waals surface area contributed by atoms with Crippen LogP contribution < -0.4 is 20.1 Å². The van der Waals surface area contributed by atoms with Crippen LogP contribution in [0.25, 0.3) is 0 Å². The second kappa shape index (κ2) is 9.30. The lowest BCUT2D eigenvalue weighted by atomic mass is 9.93. The third kappa shape index (κ3) is 4.93. The van der Waals surface area contributed by atoms with Gasteiger partial charge in [0.05, 0.1) is 30.9 Å². The molecular weight excluding hydrogens is 348 g/mol. The largest absolute Gasteiger partial charge is 0.494 e. The molecule has 0 saturated heterocycles. The Bertz CT molecular complexity index is 727. The Morgan fingerprint density at radius 1 is 1.15 bits per heavy atom. The molecule has 27 heavy (non-hydrogen) atoms. The van der Waals surface area contributed by atoms with E-state index >= 15 is 0 Å². The molecule has 1 aliphatic rings. The zero-order chi connectivity index (χ0) is 20.0. The first kappa shape index (κ1) is 20.6. The van der Waals surface area contributed by atoms with E-state index in [9.17, 15) is 9.59 Å². The number of amides is 2. The van der Waals surface area contributed by atoms with Gasteiger partial charge in [-0.15, -0.1) is 0 Å². The van der Waals surface area contributed by atoms with Crippen LogP contribution in [0.3, 0.4) is 0 Å². The van der Waals surface area contributed by atoms with Crippen molar-refractivity contribution in [1.29, 1.82) is 0 Å². The predicted molar refractivity (Wildman–Crippen MR) is 102 cm³/mol. The van der Waals surface area contributed by atoms with Crippen LogP contribution in [0.1, 0.15) is 52.6 Å². The van der Waals surface area contributed by atoms with Gasteiger partial charge in [-0.3, -0.25) is 0 Å². The van der Waals surface area contributed by atoms with Crippen LogP contribution in [-0.2, 0) is 9.53 Å². The van der Waals surface area contributed by atoms with E-state index in [4.69, 9.17) is 14.2 Å². The predicted octanol–water partition coefficient (Wildman–Crippen LogP) is 3.45. The fraction of sp³-hybridized carbons (Fsp3) is 0.500. The summed E-state index contributed by atoms with van der Waals surface area (Å²) in [5, 5.41) is 5.54. The highest BCUT2D eigenvalue weighted by molar-refractivity contribution is 5.95. The van der Waals surface area contributed by atoms with E-state index in [1.165, 1.54) is 0 Å². The Kier molecular flexibility index (Phi) is 7.10. The lowest BCUT2D eigenvalue weighted by molar-refractivity contribution is -0.143. The van der Waals surface area contributed by atoms with Crippen LogP contribution in [-0.4, -0.2) is 31.3 Å². The summed E-state index contributed by atoms with van der Waals surface area (Å²) in [6, 6.07) is 4.34. The average molecular weight is 376 g/mol. The van der Waals surface area contributed by atoms with Crippen molar-refractivity contribution in [2.45, 2.75) is 53.2 Å². The zero-order valence-electron chi connectivity index (χ0n) is 16.5. The Hall–Kier alpha value is -2.70. The summed E-state index contributed by atoms with van der Waals surface area (Å²) in [6.07, 6.45) is 0.223. The highest BCUT2D eigenvalue weighted by Gasteiger charge is 2.35. The number of urea groups is 1. The lowest BCUT2D eigenvalue weighted by Crippen LogP contribution is -2.46. The first-order valence-corrected chi connectivity index (χ1v) is 9.32. The monoisotopic (exact) mass is 376 g/mol. The molecule has 2 amide bonds. The molecule has 1 aromatic carbocycles. The van der Waals surface area contributed by atoms with E-state index in [1.807, 2.05) is 26.8 Å². The topological polar surface area (TPSA) is 85.9 Å². The highest BCUT2D eigenvalue weighted by atomic mass is 16.5. The van der Waals surface area contributed by atoms with E-state index in [2.05, 4.69) is 10.6 Å². The molecule has 0 aromatic heterocycles. The van der Waals surface area contributed by atoms with Gasteiger partial charge in [-0.05, 0) is 46.2 Å². The van der Waals surface area contributed by atoms with Crippen molar-refractivity contribution in [3.05, 3.63) is 35.0 Å². The van der Waals surface area contributed by atoms with Gasteiger partial charge in [-0.1, -0.05) is 6.92 Å². The molecule has 7 heteroatoms. The number of nitrogens with one attached hydrogen (secondary N) is 2. The number of hydrogen-bond donors (Lipinski definition) is 2. The van der Waals surface area contributed by atoms with Crippen LogP contribution >= 0.6 is 0 Å². The van der Waals surface area contributed by atoms with Crippen LogP contribution in [0.4, 0.5) is 4.79 Å². The Balaban J connectivity index is 2.55. The Morgan fingerprint density at radius 3 is 2.44 bits per heavy atom. The Morgan fingerprint density at radius 2 is 1.85 bits per heavy atom. The molecule has 0 saturated carbocycles. The lowest BCUT2D eigenvalue weighted by Gasteiger charge is -2.30. The molecule has 0 bridgehead atoms. The normalized spacial score (nSPS) is 16.7. The third-order valence-corrected chi connectivity index (χ3v) is 3.98. The van der Waals surface area contributed by atoms with Crippen LogP contribution in [0, 0.1) is 0 Å². The maximum absolute atomic E-state index is 12.8. The fourth-order valence-corrected chi connectivity index (χ4v) is 2.94. The van der Waals surface area contributed by atoms with Crippen molar-refractivity contribution in [3.8, 4) is 11.5 Å². The molecule has 0 aliphatic carbocycles. The highest BCUT2D eigenvalue weighted by Crippen LogP contribution is 2.36. The van der Waals surface area contributed by atoms with Gasteiger partial charge in [0.25, 0.3) is 0 Å². The summed E-state index contributed by atoms with van der Waals surface area (Å²) in [5.41, 5.74) is 1.61. The van der Waals surface area contributed by atoms with Gasteiger partial charge in [0.1, 0.15) is 11.5 Å². The van der Waals surface area contributed by atoms with Crippen molar-refractivity contribution < 1.29 is 23.8 Å². The number of benzene rings is 1. The molecule has 2 N–H and O–H groups in total. The number of carbonyl (C=O) groups excluding carboxylic acids is 2. The maximum Gasteiger partial charge on any atom is 0.338 e. The number of ether oxygens (including phenoxy) is 3. The number of rotatable bonds is 8. The third-order valence-electron chi connectivity index (χ3n) is 3.98. The minimum atomic E-state index is -0.669. The van der Waals surface area contributed by atoms with Crippen LogP contribution in [0.5, 0.6) is 11.5 Å². The van der Waals surface area contributed by atoms with Crippen molar-refractivity contribution in [3.63, 3.8) is 0 Å². The minimum Gasteiger partial charge on any atom is -0.494 e. The summed E-state index contributed by atoms with van der Waals surface area (Å²) in [6.45, 7) is 10.2. The molecule has 148 valence electrons. The van der Waals surface area contributed by atoms with E-state index in [0.29, 0.717) is 48.0 Å². The summed E-state index contributed by atoms with van der Waals surface area (Å²) in [5.74, 6) is 0.757. The molecule has 1 aromatic rings. The molecule has 1 heterocycles. The van der Waals surface area contributed by atoms with E-state index < -0.39 is 12.0 Å². The molecule has 0 fully saturated rings. The summed E-state index contributed by atoms with van der Waals surface area (Å²) in [4.78, 5) is 24.9. The van der Waals surface area contributed by atoms with Gasteiger partial charge in [0.15, 0.2) is 0 Å². The molecule has 1 atom stereocenters. The minimum absolute atomic E-state index is 0.270. The molecule has 0 radical (unpaired) electrons. The van der Waals surface area contributed by atoms with Crippen molar-refractivity contribution in [2.75, 3.05) is 13.2 Å². The second-order valence-corrected chi connectivity index (χ2v) is 6.30. The maximum atomic E-state index is 12.8. The van der Waals surface area contributed by atoms with Crippen molar-refractivity contribution in [1.82, 2.24) is 10.6 Å². The zero-order valence-corrected chi connectivity index (χ0v) is 16.5. The fourth-order valence-electron chi connectivity index (χ4n) is 2.94. The summed E-state index contributed by atoms with van der Waals surface area (Å²) < 4.78 is 16.7. The molecular formula is C20H28N2O5. The second-order valence-electron chi connectivity index (χ2n) is 6.30. The number of hydrogen-bond acceptors (Lipinski definition) is 5. The Labute approximate surface area is 160 Å². The van der Waals surface area contributed by atoms with Gasteiger partial charge in [0, 0.05) is 17.3 Å². The summed E-state index contributed by atoms with van der Waals surface area (Å²) in [7, 11) is 0. The van der Waals surface area contributed by atoms with Gasteiger partial charge in [0.2, 0.25) is 0 Å². The van der Waals surface area contributed by atoms with Gasteiger partial charge in [-0.2, -0.15) is 0 Å². The van der Waals surface area contributed by atoms with Gasteiger partial charge < -0.3 is 24.8 Å². The molecule has 1 aliphatic heterocycles. The van der Waals surface area contributed by atoms with Crippen LogP contribution in [0.15, 0.2) is 29.5 Å². The quantitative estimate of drug-likeness (QED) is 0.679.